The molecule has 3 nitrogen and oxygen atoms in total. The van der Waals surface area contributed by atoms with Crippen LogP contribution in [0.25, 0.3) is 11.1 Å². The van der Waals surface area contributed by atoms with Gasteiger partial charge in [0.25, 0.3) is 0 Å². The molecule has 15 heavy (non-hydrogen) atoms. The molecule has 0 fully saturated rings. The van der Waals surface area contributed by atoms with Crippen LogP contribution in [0.2, 0.25) is 0 Å². The number of nitrogens with one attached hydrogen (secondary N) is 1. The first kappa shape index (κ1) is 9.68. The highest BCUT2D eigenvalue weighted by Crippen LogP contribution is 2.26. The highest BCUT2D eigenvalue weighted by molar-refractivity contribution is 5.76. The second kappa shape index (κ2) is 4.57. The molecule has 1 heterocycles. The summed E-state index contributed by atoms with van der Waals surface area (Å²) >= 11 is 0. The smallest absolute Gasteiger partial charge is 0.0683 e. The lowest BCUT2D eigenvalue weighted by atomic mass is 10.1. The highest BCUT2D eigenvalue weighted by Gasteiger charge is 2.02. The van der Waals surface area contributed by atoms with Gasteiger partial charge in [-0.25, -0.2) is 0 Å². The summed E-state index contributed by atoms with van der Waals surface area (Å²) in [6.07, 6.45) is 3.59. The summed E-state index contributed by atoms with van der Waals surface area (Å²) in [5.41, 5.74) is 5.93. The molecule has 76 valence electrons. The molecule has 0 amide bonds. The van der Waals surface area contributed by atoms with Crippen LogP contribution >= 0.6 is 0 Å². The van der Waals surface area contributed by atoms with Crippen molar-refractivity contribution in [2.45, 2.75) is 0 Å². The fraction of sp³-hybridized carbons (Fsp3) is 0.0833. The third kappa shape index (κ3) is 2.14. The Morgan fingerprint density at radius 3 is 2.73 bits per heavy atom. The van der Waals surface area contributed by atoms with Crippen LogP contribution in [0.1, 0.15) is 0 Å². The van der Waals surface area contributed by atoms with Crippen molar-refractivity contribution in [3.63, 3.8) is 0 Å². The van der Waals surface area contributed by atoms with Gasteiger partial charge in [-0.05, 0) is 12.1 Å². The molecule has 0 radical (unpaired) electrons. The van der Waals surface area contributed by atoms with E-state index in [-0.39, 0.29) is 0 Å². The third-order valence-electron chi connectivity index (χ3n) is 2.11. The van der Waals surface area contributed by atoms with Crippen LogP contribution in [0.3, 0.4) is 0 Å². The fourth-order valence-electron chi connectivity index (χ4n) is 1.46. The maximum Gasteiger partial charge on any atom is 0.0683 e. The summed E-state index contributed by atoms with van der Waals surface area (Å²) in [6, 6.07) is 11.9. The van der Waals surface area contributed by atoms with Crippen LogP contribution in [0, 0.1) is 0 Å². The SMILES string of the molecule is CONc1ccccc1-c1cccnc1. The first-order valence-electron chi connectivity index (χ1n) is 4.70. The summed E-state index contributed by atoms with van der Waals surface area (Å²) in [5, 5.41) is 0. The van der Waals surface area contributed by atoms with Gasteiger partial charge in [0.2, 0.25) is 0 Å². The molecule has 0 spiro atoms. The molecule has 0 saturated heterocycles. The zero-order valence-electron chi connectivity index (χ0n) is 8.47. The van der Waals surface area contributed by atoms with E-state index in [2.05, 4.69) is 10.5 Å². The van der Waals surface area contributed by atoms with Gasteiger partial charge in [0.1, 0.15) is 0 Å². The quantitative estimate of drug-likeness (QED) is 0.773. The van der Waals surface area contributed by atoms with Gasteiger partial charge >= 0.3 is 0 Å². The number of para-hydroxylation sites is 1. The van der Waals surface area contributed by atoms with Crippen molar-refractivity contribution >= 4 is 5.69 Å². The van der Waals surface area contributed by atoms with Gasteiger partial charge in [0.15, 0.2) is 0 Å². The number of aromatic nitrogens is 1. The van der Waals surface area contributed by atoms with E-state index in [1.54, 1.807) is 13.3 Å². The van der Waals surface area contributed by atoms with Gasteiger partial charge in [-0.2, -0.15) is 0 Å². The van der Waals surface area contributed by atoms with Crippen LogP contribution in [0.15, 0.2) is 48.8 Å². The molecule has 0 bridgehead atoms. The lowest BCUT2D eigenvalue weighted by molar-refractivity contribution is 0.271. The fourth-order valence-corrected chi connectivity index (χ4v) is 1.46. The zero-order chi connectivity index (χ0) is 10.5. The minimum Gasteiger partial charge on any atom is -0.279 e. The predicted molar refractivity (Wildman–Crippen MR) is 60.3 cm³/mol. The van der Waals surface area contributed by atoms with Crippen molar-refractivity contribution < 1.29 is 4.84 Å². The lowest BCUT2D eigenvalue weighted by Crippen LogP contribution is -1.97. The monoisotopic (exact) mass is 200 g/mol. The summed E-state index contributed by atoms with van der Waals surface area (Å²) in [7, 11) is 1.60. The number of benzene rings is 1. The van der Waals surface area contributed by atoms with Gasteiger partial charge in [-0.15, -0.1) is 0 Å². The van der Waals surface area contributed by atoms with Crippen molar-refractivity contribution in [3.8, 4) is 11.1 Å². The standard InChI is InChI=1S/C12H12N2O/c1-15-14-12-7-3-2-6-11(12)10-5-4-8-13-9-10/h2-9,14H,1H3. The van der Waals surface area contributed by atoms with E-state index in [9.17, 15) is 0 Å². The average Bonchev–Trinajstić information content (AvgIpc) is 2.31. The molecule has 2 aromatic rings. The number of nitrogens with zero attached hydrogens (tertiary/aromatic N) is 1. The number of hydrogen-bond donors (Lipinski definition) is 1. The van der Waals surface area contributed by atoms with Crippen molar-refractivity contribution in [3.05, 3.63) is 48.8 Å². The van der Waals surface area contributed by atoms with E-state index in [4.69, 9.17) is 4.84 Å². The minimum absolute atomic E-state index is 0.938. The van der Waals surface area contributed by atoms with E-state index in [1.165, 1.54) is 0 Å². The second-order valence-electron chi connectivity index (χ2n) is 3.09. The van der Waals surface area contributed by atoms with E-state index in [0.29, 0.717) is 0 Å². The topological polar surface area (TPSA) is 34.1 Å². The summed E-state index contributed by atoms with van der Waals surface area (Å²) in [5.74, 6) is 0. The van der Waals surface area contributed by atoms with Crippen LogP contribution in [-0.2, 0) is 4.84 Å². The van der Waals surface area contributed by atoms with Crippen LogP contribution in [0.5, 0.6) is 0 Å². The molecule has 0 aliphatic rings. The molecule has 0 unspecified atom stereocenters. The molecule has 0 aliphatic heterocycles. The van der Waals surface area contributed by atoms with E-state index >= 15 is 0 Å². The summed E-state index contributed by atoms with van der Waals surface area (Å²) in [6.45, 7) is 0. The lowest BCUT2D eigenvalue weighted by Gasteiger charge is -2.09. The van der Waals surface area contributed by atoms with Crippen LogP contribution in [-0.4, -0.2) is 12.1 Å². The predicted octanol–water partition coefficient (Wildman–Crippen LogP) is 2.72. The van der Waals surface area contributed by atoms with Gasteiger partial charge in [-0.3, -0.25) is 15.3 Å². The molecule has 1 N–H and O–H groups in total. The zero-order valence-corrected chi connectivity index (χ0v) is 8.47. The molecule has 1 aromatic carbocycles. The average molecular weight is 200 g/mol. The van der Waals surface area contributed by atoms with Gasteiger partial charge < -0.3 is 0 Å². The Kier molecular flexibility index (Phi) is 2.95. The Morgan fingerprint density at radius 1 is 1.13 bits per heavy atom. The van der Waals surface area contributed by atoms with Crippen molar-refractivity contribution in [1.82, 2.24) is 4.98 Å². The number of anilines is 1. The summed E-state index contributed by atoms with van der Waals surface area (Å²) < 4.78 is 0. The number of rotatable bonds is 3. The Balaban J connectivity index is 2.43. The van der Waals surface area contributed by atoms with Crippen molar-refractivity contribution in [2.24, 2.45) is 0 Å². The maximum atomic E-state index is 4.92. The van der Waals surface area contributed by atoms with Gasteiger partial charge in [-0.1, -0.05) is 24.3 Å². The Labute approximate surface area is 88.7 Å². The van der Waals surface area contributed by atoms with Crippen molar-refractivity contribution in [2.75, 3.05) is 12.6 Å². The van der Waals surface area contributed by atoms with Crippen LogP contribution < -0.4 is 5.48 Å². The van der Waals surface area contributed by atoms with Crippen molar-refractivity contribution in [1.29, 1.82) is 0 Å². The molecule has 1 aromatic heterocycles. The molecule has 0 aliphatic carbocycles. The Bertz CT molecular complexity index is 429. The second-order valence-corrected chi connectivity index (χ2v) is 3.09. The molecule has 3 heteroatoms. The maximum absolute atomic E-state index is 4.92. The van der Waals surface area contributed by atoms with Gasteiger partial charge in [0, 0.05) is 23.5 Å². The molecule has 2 rings (SSSR count). The van der Waals surface area contributed by atoms with E-state index in [1.807, 2.05) is 42.6 Å². The Morgan fingerprint density at radius 2 is 2.00 bits per heavy atom. The molecule has 0 saturated carbocycles. The Hall–Kier alpha value is -1.87. The normalized spacial score (nSPS) is 9.93. The third-order valence-corrected chi connectivity index (χ3v) is 2.11. The molecule has 0 atom stereocenters. The van der Waals surface area contributed by atoms with E-state index in [0.717, 1.165) is 16.8 Å². The largest absolute Gasteiger partial charge is 0.279 e. The highest BCUT2D eigenvalue weighted by atomic mass is 16.6. The summed E-state index contributed by atoms with van der Waals surface area (Å²) in [4.78, 5) is 9.01. The first-order chi connectivity index (χ1) is 7.42. The number of pyridine rings is 1. The molecular formula is C12H12N2O. The number of hydrogen-bond acceptors (Lipinski definition) is 3. The minimum atomic E-state index is 0.938. The molecular weight excluding hydrogens is 188 g/mol. The first-order valence-corrected chi connectivity index (χ1v) is 4.70. The van der Waals surface area contributed by atoms with Crippen LogP contribution in [0.4, 0.5) is 5.69 Å². The van der Waals surface area contributed by atoms with Gasteiger partial charge in [0.05, 0.1) is 12.8 Å². The van der Waals surface area contributed by atoms with E-state index < -0.39 is 0 Å².